The first kappa shape index (κ1) is 16.5. The van der Waals surface area contributed by atoms with Gasteiger partial charge in [-0.1, -0.05) is 15.9 Å². The Balaban J connectivity index is 1.96. The second-order valence-electron chi connectivity index (χ2n) is 5.33. The molecule has 1 atom stereocenters. The largest absolute Gasteiger partial charge is 0.506 e. The van der Waals surface area contributed by atoms with Gasteiger partial charge in [0.1, 0.15) is 11.3 Å². The van der Waals surface area contributed by atoms with Gasteiger partial charge in [0, 0.05) is 27.5 Å². The summed E-state index contributed by atoms with van der Waals surface area (Å²) in [4.78, 5) is 27.1. The van der Waals surface area contributed by atoms with E-state index < -0.39 is 11.5 Å². The van der Waals surface area contributed by atoms with Crippen LogP contribution >= 0.6 is 31.9 Å². The number of nitrogens with one attached hydrogen (secondary N) is 2. The third-order valence-corrected chi connectivity index (χ3v) is 4.84. The van der Waals surface area contributed by atoms with E-state index in [1.165, 1.54) is 0 Å². The van der Waals surface area contributed by atoms with E-state index in [-0.39, 0.29) is 17.4 Å². The number of hydrogen-bond acceptors (Lipinski definition) is 4. The number of carbonyl (C=O) groups is 1. The molecular formula is C15H14Br2N2O4. The molecule has 1 aliphatic heterocycles. The van der Waals surface area contributed by atoms with Crippen LogP contribution in [0.25, 0.3) is 10.9 Å². The Morgan fingerprint density at radius 3 is 2.91 bits per heavy atom. The van der Waals surface area contributed by atoms with Crippen molar-refractivity contribution in [3.05, 3.63) is 37.0 Å². The third-order valence-electron chi connectivity index (χ3n) is 3.75. The quantitative estimate of drug-likeness (QED) is 0.677. The maximum Gasteiger partial charge on any atom is 0.265 e. The summed E-state index contributed by atoms with van der Waals surface area (Å²) in [5.41, 5.74) is -0.491. The number of amides is 1. The van der Waals surface area contributed by atoms with E-state index in [2.05, 4.69) is 42.2 Å². The van der Waals surface area contributed by atoms with E-state index in [1.807, 2.05) is 0 Å². The summed E-state index contributed by atoms with van der Waals surface area (Å²) in [6.45, 7) is 1.00. The summed E-state index contributed by atoms with van der Waals surface area (Å²) in [5, 5.41) is 13.4. The van der Waals surface area contributed by atoms with Crippen LogP contribution in [0.5, 0.6) is 5.75 Å². The zero-order valence-corrected chi connectivity index (χ0v) is 15.2. The fourth-order valence-corrected chi connectivity index (χ4v) is 3.94. The summed E-state index contributed by atoms with van der Waals surface area (Å²) >= 11 is 6.65. The van der Waals surface area contributed by atoms with Crippen LogP contribution in [-0.4, -0.2) is 35.3 Å². The Kier molecular flexibility index (Phi) is 4.74. The average Bonchev–Trinajstić information content (AvgIpc) is 3.00. The van der Waals surface area contributed by atoms with Gasteiger partial charge in [-0.3, -0.25) is 9.59 Å². The molecule has 0 aliphatic carbocycles. The van der Waals surface area contributed by atoms with Crippen LogP contribution in [0, 0.1) is 0 Å². The number of fused-ring (bicyclic) bond motifs is 1. The molecule has 1 aromatic carbocycles. The topological polar surface area (TPSA) is 91.4 Å². The summed E-state index contributed by atoms with van der Waals surface area (Å²) in [6, 6.07) is 3.39. The predicted molar refractivity (Wildman–Crippen MR) is 92.9 cm³/mol. The van der Waals surface area contributed by atoms with Crippen molar-refractivity contribution in [3.8, 4) is 5.75 Å². The molecule has 2 aromatic rings. The number of halogens is 2. The van der Waals surface area contributed by atoms with Gasteiger partial charge in [0.15, 0.2) is 0 Å². The minimum absolute atomic E-state index is 0.0380. The molecule has 0 saturated carbocycles. The molecule has 3 N–H and O–H groups in total. The first-order valence-electron chi connectivity index (χ1n) is 7.11. The molecule has 1 amide bonds. The number of rotatable bonds is 3. The minimum Gasteiger partial charge on any atom is -0.506 e. The molecule has 0 spiro atoms. The van der Waals surface area contributed by atoms with Gasteiger partial charge in [-0.15, -0.1) is 0 Å². The maximum atomic E-state index is 12.3. The summed E-state index contributed by atoms with van der Waals surface area (Å²) in [5.74, 6) is -0.951. The highest BCUT2D eigenvalue weighted by atomic mass is 79.9. The zero-order valence-electron chi connectivity index (χ0n) is 12.0. The van der Waals surface area contributed by atoms with Crippen molar-refractivity contribution < 1.29 is 14.6 Å². The van der Waals surface area contributed by atoms with Crippen molar-refractivity contribution in [3.63, 3.8) is 0 Å². The predicted octanol–water partition coefficient (Wildman–Crippen LogP) is 2.67. The Bertz CT molecular complexity index is 828. The van der Waals surface area contributed by atoms with E-state index in [1.54, 1.807) is 12.1 Å². The van der Waals surface area contributed by atoms with E-state index in [9.17, 15) is 14.7 Å². The lowest BCUT2D eigenvalue weighted by atomic mass is 10.1. The van der Waals surface area contributed by atoms with Crippen LogP contribution in [0.2, 0.25) is 0 Å². The van der Waals surface area contributed by atoms with Crippen LogP contribution in [-0.2, 0) is 4.74 Å². The molecule has 8 heteroatoms. The Morgan fingerprint density at radius 2 is 2.22 bits per heavy atom. The van der Waals surface area contributed by atoms with Gasteiger partial charge < -0.3 is 20.1 Å². The first-order valence-corrected chi connectivity index (χ1v) is 8.69. The van der Waals surface area contributed by atoms with Gasteiger partial charge in [0.25, 0.3) is 11.5 Å². The molecule has 0 bridgehead atoms. The van der Waals surface area contributed by atoms with Crippen molar-refractivity contribution in [2.24, 2.45) is 0 Å². The molecule has 1 unspecified atom stereocenters. The smallest absolute Gasteiger partial charge is 0.265 e. The Labute approximate surface area is 148 Å². The van der Waals surface area contributed by atoms with E-state index in [0.717, 1.165) is 12.8 Å². The van der Waals surface area contributed by atoms with Crippen LogP contribution in [0.1, 0.15) is 23.2 Å². The number of ether oxygens (including phenoxy) is 1. The number of pyridine rings is 1. The number of aromatic nitrogens is 1. The zero-order chi connectivity index (χ0) is 16.6. The summed E-state index contributed by atoms with van der Waals surface area (Å²) < 4.78 is 6.75. The molecule has 1 fully saturated rings. The lowest BCUT2D eigenvalue weighted by Crippen LogP contribution is -2.35. The normalized spacial score (nSPS) is 17.6. The number of H-pyrrole nitrogens is 1. The maximum absolute atomic E-state index is 12.3. The minimum atomic E-state index is -0.636. The Morgan fingerprint density at radius 1 is 1.43 bits per heavy atom. The van der Waals surface area contributed by atoms with Crippen molar-refractivity contribution in [1.29, 1.82) is 0 Å². The number of carbonyl (C=O) groups excluding carboxylic acids is 1. The monoisotopic (exact) mass is 444 g/mol. The third kappa shape index (κ3) is 3.29. The van der Waals surface area contributed by atoms with Crippen LogP contribution in [0.15, 0.2) is 25.9 Å². The van der Waals surface area contributed by atoms with Gasteiger partial charge in [-0.05, 0) is 40.9 Å². The lowest BCUT2D eigenvalue weighted by Gasteiger charge is -2.12. The van der Waals surface area contributed by atoms with Crippen molar-refractivity contribution in [2.45, 2.75) is 18.9 Å². The highest BCUT2D eigenvalue weighted by molar-refractivity contribution is 9.11. The van der Waals surface area contributed by atoms with Crippen LogP contribution in [0.4, 0.5) is 0 Å². The molecule has 0 radical (unpaired) electrons. The SMILES string of the molecule is O=C(NCC1CCCO1)c1c(O)c2cc(Br)cc(Br)c2[nH]c1=O. The van der Waals surface area contributed by atoms with Crippen LogP contribution < -0.4 is 10.9 Å². The molecule has 1 aromatic heterocycles. The van der Waals surface area contributed by atoms with Gasteiger partial charge in [-0.2, -0.15) is 0 Å². The molecule has 6 nitrogen and oxygen atoms in total. The second kappa shape index (κ2) is 6.62. The van der Waals surface area contributed by atoms with Gasteiger partial charge in [0.05, 0.1) is 11.6 Å². The summed E-state index contributed by atoms with van der Waals surface area (Å²) in [6.07, 6.45) is 1.80. The molecule has 2 heterocycles. The van der Waals surface area contributed by atoms with E-state index in [4.69, 9.17) is 4.74 Å². The van der Waals surface area contributed by atoms with Gasteiger partial charge in [0.2, 0.25) is 0 Å². The number of aromatic amines is 1. The number of hydrogen-bond donors (Lipinski definition) is 3. The number of benzene rings is 1. The highest BCUT2D eigenvalue weighted by Crippen LogP contribution is 2.32. The fourth-order valence-electron chi connectivity index (χ4n) is 2.62. The summed E-state index contributed by atoms with van der Waals surface area (Å²) in [7, 11) is 0. The molecule has 3 rings (SSSR count). The molecule has 1 aliphatic rings. The molecular weight excluding hydrogens is 432 g/mol. The molecule has 23 heavy (non-hydrogen) atoms. The van der Waals surface area contributed by atoms with E-state index in [0.29, 0.717) is 33.0 Å². The number of aromatic hydroxyl groups is 1. The highest BCUT2D eigenvalue weighted by Gasteiger charge is 2.22. The van der Waals surface area contributed by atoms with E-state index >= 15 is 0 Å². The van der Waals surface area contributed by atoms with Crippen molar-refractivity contribution in [2.75, 3.05) is 13.2 Å². The van der Waals surface area contributed by atoms with Crippen molar-refractivity contribution >= 4 is 48.7 Å². The average molecular weight is 446 g/mol. The van der Waals surface area contributed by atoms with Gasteiger partial charge >= 0.3 is 0 Å². The Hall–Kier alpha value is -1.38. The molecule has 1 saturated heterocycles. The second-order valence-corrected chi connectivity index (χ2v) is 7.10. The van der Waals surface area contributed by atoms with Crippen LogP contribution in [0.3, 0.4) is 0 Å². The van der Waals surface area contributed by atoms with Gasteiger partial charge in [-0.25, -0.2) is 0 Å². The molecule has 122 valence electrons. The fraction of sp³-hybridized carbons (Fsp3) is 0.333. The first-order chi connectivity index (χ1) is 11.0. The lowest BCUT2D eigenvalue weighted by molar-refractivity contribution is 0.0854. The standard InChI is InChI=1S/C15H14Br2N2O4/c16-7-4-9-12(10(17)5-7)19-15(22)11(13(9)20)14(21)18-6-8-2-1-3-23-8/h4-5,8H,1-3,6H2,(H,18,21)(H2,19,20,22). The van der Waals surface area contributed by atoms with Crippen molar-refractivity contribution in [1.82, 2.24) is 10.3 Å².